The number of benzene rings is 3. The number of methoxy groups -OCH3 is 1. The van der Waals surface area contributed by atoms with E-state index < -0.39 is 12.1 Å². The highest BCUT2D eigenvalue weighted by atomic mass is 16.6. The molecule has 0 radical (unpaired) electrons. The van der Waals surface area contributed by atoms with Crippen molar-refractivity contribution in [2.75, 3.05) is 12.4 Å². The van der Waals surface area contributed by atoms with E-state index in [0.29, 0.717) is 17.0 Å². The smallest absolute Gasteiger partial charge is 0.417 e. The van der Waals surface area contributed by atoms with Crippen LogP contribution in [0, 0.1) is 0 Å². The second-order valence-electron chi connectivity index (χ2n) is 5.47. The van der Waals surface area contributed by atoms with Gasteiger partial charge in [0.1, 0.15) is 17.2 Å². The van der Waals surface area contributed by atoms with Crippen molar-refractivity contribution in [3.8, 4) is 17.2 Å². The fraction of sp³-hybridized carbons (Fsp3) is 0.0476. The van der Waals surface area contributed by atoms with Gasteiger partial charge in [0.25, 0.3) is 0 Å². The molecule has 0 spiro atoms. The molecule has 0 bridgehead atoms. The minimum absolute atomic E-state index is 0.249. The third kappa shape index (κ3) is 5.09. The Bertz CT molecular complexity index is 923. The molecule has 0 fully saturated rings. The van der Waals surface area contributed by atoms with E-state index in [2.05, 4.69) is 5.32 Å². The Balaban J connectivity index is 1.61. The Labute approximate surface area is 156 Å². The van der Waals surface area contributed by atoms with Crippen LogP contribution in [0.3, 0.4) is 0 Å². The number of ether oxygens (including phenoxy) is 3. The number of hydrogen-bond acceptors (Lipinski definition) is 5. The second-order valence-corrected chi connectivity index (χ2v) is 5.47. The molecule has 1 N–H and O–H groups in total. The first-order valence-electron chi connectivity index (χ1n) is 8.14. The van der Waals surface area contributed by atoms with Crippen LogP contribution in [0.4, 0.5) is 10.5 Å². The summed E-state index contributed by atoms with van der Waals surface area (Å²) < 4.78 is 15.6. The molecule has 3 aromatic rings. The SMILES string of the molecule is COc1ccc(NC(=O)Oc2cccc(OC(=O)c3ccccc3)c2)cc1. The minimum Gasteiger partial charge on any atom is -0.497 e. The van der Waals surface area contributed by atoms with Crippen molar-refractivity contribution in [3.63, 3.8) is 0 Å². The highest BCUT2D eigenvalue weighted by Crippen LogP contribution is 2.21. The van der Waals surface area contributed by atoms with Gasteiger partial charge in [-0.05, 0) is 48.5 Å². The first-order chi connectivity index (χ1) is 13.1. The molecule has 0 saturated carbocycles. The highest BCUT2D eigenvalue weighted by Gasteiger charge is 2.10. The number of amides is 1. The van der Waals surface area contributed by atoms with Crippen LogP contribution >= 0.6 is 0 Å². The Morgan fingerprint density at radius 1 is 0.741 bits per heavy atom. The van der Waals surface area contributed by atoms with Crippen LogP contribution in [0.5, 0.6) is 17.2 Å². The lowest BCUT2D eigenvalue weighted by Crippen LogP contribution is -2.16. The molecule has 3 aromatic carbocycles. The van der Waals surface area contributed by atoms with Gasteiger partial charge in [-0.15, -0.1) is 0 Å². The monoisotopic (exact) mass is 363 g/mol. The summed E-state index contributed by atoms with van der Waals surface area (Å²) in [6.07, 6.45) is -0.660. The predicted octanol–water partition coefficient (Wildman–Crippen LogP) is 4.53. The summed E-state index contributed by atoms with van der Waals surface area (Å²) in [7, 11) is 1.56. The van der Waals surface area contributed by atoms with Crippen LogP contribution in [0.15, 0.2) is 78.9 Å². The van der Waals surface area contributed by atoms with Crippen LogP contribution in [0.1, 0.15) is 10.4 Å². The Morgan fingerprint density at radius 3 is 2.07 bits per heavy atom. The standard InChI is InChI=1S/C21H17NO5/c1-25-17-12-10-16(11-13-17)22-21(24)27-19-9-5-8-18(14-19)26-20(23)15-6-3-2-4-7-15/h2-14H,1H3,(H,22,24). The molecule has 0 aromatic heterocycles. The zero-order valence-electron chi connectivity index (χ0n) is 14.5. The van der Waals surface area contributed by atoms with E-state index in [9.17, 15) is 9.59 Å². The molecule has 0 heterocycles. The summed E-state index contributed by atoms with van der Waals surface area (Å²) in [4.78, 5) is 24.1. The van der Waals surface area contributed by atoms with Gasteiger partial charge >= 0.3 is 12.1 Å². The molecule has 0 unspecified atom stereocenters. The first-order valence-corrected chi connectivity index (χ1v) is 8.14. The van der Waals surface area contributed by atoms with Crippen LogP contribution in [-0.2, 0) is 0 Å². The third-order valence-electron chi connectivity index (χ3n) is 3.57. The van der Waals surface area contributed by atoms with E-state index >= 15 is 0 Å². The second kappa shape index (κ2) is 8.53. The van der Waals surface area contributed by atoms with Gasteiger partial charge < -0.3 is 14.2 Å². The largest absolute Gasteiger partial charge is 0.497 e. The average molecular weight is 363 g/mol. The summed E-state index contributed by atoms with van der Waals surface area (Å²) in [6, 6.07) is 21.7. The molecule has 0 atom stereocenters. The molecule has 1 amide bonds. The van der Waals surface area contributed by atoms with Crippen molar-refractivity contribution in [3.05, 3.63) is 84.4 Å². The number of carbonyl (C=O) groups is 2. The quantitative estimate of drug-likeness (QED) is 0.533. The number of nitrogens with one attached hydrogen (secondary N) is 1. The molecule has 0 aliphatic carbocycles. The Morgan fingerprint density at radius 2 is 1.41 bits per heavy atom. The number of rotatable bonds is 5. The Hall–Kier alpha value is -3.80. The van der Waals surface area contributed by atoms with Crippen molar-refractivity contribution in [2.45, 2.75) is 0 Å². The van der Waals surface area contributed by atoms with Crippen molar-refractivity contribution in [1.29, 1.82) is 0 Å². The van der Waals surface area contributed by atoms with Crippen LogP contribution in [0.25, 0.3) is 0 Å². The zero-order chi connectivity index (χ0) is 19.1. The van der Waals surface area contributed by atoms with E-state index in [4.69, 9.17) is 14.2 Å². The van der Waals surface area contributed by atoms with Gasteiger partial charge in [-0.2, -0.15) is 0 Å². The fourth-order valence-corrected chi connectivity index (χ4v) is 2.27. The van der Waals surface area contributed by atoms with Gasteiger partial charge in [0.15, 0.2) is 0 Å². The maximum Gasteiger partial charge on any atom is 0.417 e. The Kier molecular flexibility index (Phi) is 5.69. The molecule has 27 heavy (non-hydrogen) atoms. The number of hydrogen-bond donors (Lipinski definition) is 1. The van der Waals surface area contributed by atoms with E-state index in [0.717, 1.165) is 0 Å². The molecule has 0 saturated heterocycles. The van der Waals surface area contributed by atoms with Crippen molar-refractivity contribution in [1.82, 2.24) is 0 Å². The molecule has 6 nitrogen and oxygen atoms in total. The topological polar surface area (TPSA) is 73.9 Å². The predicted molar refractivity (Wildman–Crippen MR) is 100 cm³/mol. The van der Waals surface area contributed by atoms with Gasteiger partial charge in [0.05, 0.1) is 12.7 Å². The normalized spacial score (nSPS) is 9.96. The molecule has 0 aliphatic rings. The van der Waals surface area contributed by atoms with Gasteiger partial charge in [0, 0.05) is 11.8 Å². The van der Waals surface area contributed by atoms with Crippen molar-refractivity contribution in [2.24, 2.45) is 0 Å². The maximum absolute atomic E-state index is 12.1. The fourth-order valence-electron chi connectivity index (χ4n) is 2.27. The van der Waals surface area contributed by atoms with Crippen molar-refractivity contribution >= 4 is 17.7 Å². The summed E-state index contributed by atoms with van der Waals surface area (Å²) in [5, 5.41) is 2.60. The molecule has 6 heteroatoms. The lowest BCUT2D eigenvalue weighted by molar-refractivity contribution is 0.0734. The van der Waals surface area contributed by atoms with E-state index in [1.165, 1.54) is 6.07 Å². The summed E-state index contributed by atoms with van der Waals surface area (Å²) >= 11 is 0. The van der Waals surface area contributed by atoms with Crippen LogP contribution in [0.2, 0.25) is 0 Å². The first kappa shape index (κ1) is 18.0. The van der Waals surface area contributed by atoms with E-state index in [1.54, 1.807) is 73.8 Å². The van der Waals surface area contributed by atoms with E-state index in [1.807, 2.05) is 6.07 Å². The lowest BCUT2D eigenvalue weighted by atomic mass is 10.2. The maximum atomic E-state index is 12.1. The summed E-state index contributed by atoms with van der Waals surface area (Å²) in [5.41, 5.74) is 0.994. The van der Waals surface area contributed by atoms with Gasteiger partial charge in [-0.3, -0.25) is 5.32 Å². The van der Waals surface area contributed by atoms with Gasteiger partial charge in [0.2, 0.25) is 0 Å². The molecule has 0 aliphatic heterocycles. The van der Waals surface area contributed by atoms with Crippen LogP contribution < -0.4 is 19.5 Å². The minimum atomic E-state index is -0.660. The molecular formula is C21H17NO5. The lowest BCUT2D eigenvalue weighted by Gasteiger charge is -2.09. The summed E-state index contributed by atoms with van der Waals surface area (Å²) in [6.45, 7) is 0. The van der Waals surface area contributed by atoms with Gasteiger partial charge in [-0.1, -0.05) is 24.3 Å². The van der Waals surface area contributed by atoms with Crippen molar-refractivity contribution < 1.29 is 23.8 Å². The molecule has 3 rings (SSSR count). The van der Waals surface area contributed by atoms with E-state index in [-0.39, 0.29) is 11.5 Å². The van der Waals surface area contributed by atoms with Gasteiger partial charge in [-0.25, -0.2) is 9.59 Å². The van der Waals surface area contributed by atoms with Crippen LogP contribution in [-0.4, -0.2) is 19.2 Å². The number of esters is 1. The number of carbonyl (C=O) groups excluding carboxylic acids is 2. The number of anilines is 1. The average Bonchev–Trinajstić information content (AvgIpc) is 2.69. The highest BCUT2D eigenvalue weighted by molar-refractivity contribution is 5.91. The molecule has 136 valence electrons. The zero-order valence-corrected chi connectivity index (χ0v) is 14.5. The molecular weight excluding hydrogens is 346 g/mol. The summed E-state index contributed by atoms with van der Waals surface area (Å²) in [5.74, 6) is 0.718. The third-order valence-corrected chi connectivity index (χ3v) is 3.57.